The van der Waals surface area contributed by atoms with Gasteiger partial charge < -0.3 is 10.1 Å². The zero-order valence-electron chi connectivity index (χ0n) is 10.7. The van der Waals surface area contributed by atoms with Gasteiger partial charge >= 0.3 is 5.69 Å². The molecular weight excluding hydrogens is 326 g/mol. The third kappa shape index (κ3) is 2.23. The number of nitrogens with one attached hydrogen (secondary N) is 1. The first-order chi connectivity index (χ1) is 9.48. The third-order valence-corrected chi connectivity index (χ3v) is 3.89. The van der Waals surface area contributed by atoms with E-state index in [0.717, 1.165) is 10.9 Å². The second-order valence-electron chi connectivity index (χ2n) is 4.89. The molecule has 1 unspecified atom stereocenters. The van der Waals surface area contributed by atoms with E-state index in [9.17, 15) is 10.1 Å². The lowest BCUT2D eigenvalue weighted by molar-refractivity contribution is -0.384. The summed E-state index contributed by atoms with van der Waals surface area (Å²) >= 11 is 3.38. The van der Waals surface area contributed by atoms with Crippen LogP contribution in [-0.4, -0.2) is 22.2 Å². The average molecular weight is 338 g/mol. The van der Waals surface area contributed by atoms with Crippen LogP contribution in [0.5, 0.6) is 0 Å². The molecule has 0 spiro atoms. The minimum absolute atomic E-state index is 0.0488. The maximum absolute atomic E-state index is 11.2. The molecule has 0 radical (unpaired) electrons. The van der Waals surface area contributed by atoms with Gasteiger partial charge in [-0.05, 0) is 25.1 Å². The summed E-state index contributed by atoms with van der Waals surface area (Å²) in [4.78, 5) is 14.9. The van der Waals surface area contributed by atoms with Crippen molar-refractivity contribution in [1.29, 1.82) is 0 Å². The number of fused-ring (bicyclic) bond motifs is 1. The van der Waals surface area contributed by atoms with Crippen molar-refractivity contribution in [3.8, 4) is 0 Å². The van der Waals surface area contributed by atoms with Gasteiger partial charge in [-0.3, -0.25) is 10.1 Å². The first-order valence-corrected chi connectivity index (χ1v) is 6.93. The molecule has 1 N–H and O–H groups in total. The summed E-state index contributed by atoms with van der Waals surface area (Å²) < 4.78 is 6.31. The number of ether oxygens (including phenoxy) is 1. The van der Waals surface area contributed by atoms with Crippen molar-refractivity contribution in [1.82, 2.24) is 4.98 Å². The van der Waals surface area contributed by atoms with Gasteiger partial charge in [-0.2, -0.15) is 0 Å². The Balaban J connectivity index is 2.20. The van der Waals surface area contributed by atoms with Crippen LogP contribution in [0.2, 0.25) is 0 Å². The number of anilines is 1. The van der Waals surface area contributed by atoms with Gasteiger partial charge in [-0.25, -0.2) is 4.98 Å². The Morgan fingerprint density at radius 2 is 2.30 bits per heavy atom. The zero-order valence-corrected chi connectivity index (χ0v) is 12.3. The molecular formula is C13H12BrN3O3. The van der Waals surface area contributed by atoms with Gasteiger partial charge in [0.2, 0.25) is 0 Å². The quantitative estimate of drug-likeness (QED) is 0.685. The number of hydrogen-bond donors (Lipinski definition) is 1. The molecule has 1 atom stereocenters. The predicted octanol–water partition coefficient (Wildman–Crippen LogP) is 3.45. The summed E-state index contributed by atoms with van der Waals surface area (Å²) in [6, 6.07) is 5.49. The number of nitrogens with zero attached hydrogens (tertiary/aromatic N) is 2. The third-order valence-electron chi connectivity index (χ3n) is 3.40. The van der Waals surface area contributed by atoms with Gasteiger partial charge in [0.15, 0.2) is 0 Å². The topological polar surface area (TPSA) is 77.3 Å². The number of pyridine rings is 1. The molecule has 6 nitrogen and oxygen atoms in total. The van der Waals surface area contributed by atoms with E-state index in [1.807, 2.05) is 25.1 Å². The summed E-state index contributed by atoms with van der Waals surface area (Å²) in [5, 5.41) is 15.1. The zero-order chi connectivity index (χ0) is 14.3. The lowest BCUT2D eigenvalue weighted by Gasteiger charge is -2.39. The minimum atomic E-state index is -0.554. The van der Waals surface area contributed by atoms with Crippen LogP contribution in [0.15, 0.2) is 28.9 Å². The van der Waals surface area contributed by atoms with E-state index >= 15 is 0 Å². The maximum atomic E-state index is 11.2. The molecule has 1 aliphatic rings. The van der Waals surface area contributed by atoms with Gasteiger partial charge in [-0.1, -0.05) is 15.9 Å². The fraction of sp³-hybridized carbons (Fsp3) is 0.308. The lowest BCUT2D eigenvalue weighted by atomic mass is 10.1. The molecule has 0 aliphatic carbocycles. The molecule has 1 aromatic heterocycles. The second kappa shape index (κ2) is 4.68. The van der Waals surface area contributed by atoms with Gasteiger partial charge in [0.25, 0.3) is 0 Å². The monoisotopic (exact) mass is 337 g/mol. The molecule has 104 valence electrons. The Bertz CT molecular complexity index is 701. The highest BCUT2D eigenvalue weighted by atomic mass is 79.9. The van der Waals surface area contributed by atoms with E-state index in [-0.39, 0.29) is 5.69 Å². The first-order valence-electron chi connectivity index (χ1n) is 6.13. The van der Waals surface area contributed by atoms with Crippen molar-refractivity contribution in [3.63, 3.8) is 0 Å². The van der Waals surface area contributed by atoms with Crippen molar-refractivity contribution < 1.29 is 9.66 Å². The summed E-state index contributed by atoms with van der Waals surface area (Å²) in [6.45, 7) is 2.54. The van der Waals surface area contributed by atoms with Crippen LogP contribution in [0.1, 0.15) is 13.3 Å². The summed E-state index contributed by atoms with van der Waals surface area (Å²) in [5.41, 5.74) is 0.543. The van der Waals surface area contributed by atoms with E-state index in [4.69, 9.17) is 4.74 Å². The van der Waals surface area contributed by atoms with Crippen LogP contribution in [-0.2, 0) is 4.74 Å². The average Bonchev–Trinajstić information content (AvgIpc) is 2.37. The van der Waals surface area contributed by atoms with Crippen LogP contribution >= 0.6 is 15.9 Å². The Kier molecular flexibility index (Phi) is 3.10. The molecule has 0 bridgehead atoms. The molecule has 1 aliphatic heterocycles. The molecule has 1 saturated heterocycles. The maximum Gasteiger partial charge on any atom is 0.311 e. The van der Waals surface area contributed by atoms with Crippen LogP contribution in [0.4, 0.5) is 11.4 Å². The van der Waals surface area contributed by atoms with E-state index in [2.05, 4.69) is 26.2 Å². The predicted molar refractivity (Wildman–Crippen MR) is 78.7 cm³/mol. The van der Waals surface area contributed by atoms with Gasteiger partial charge in [0, 0.05) is 16.3 Å². The fourth-order valence-electron chi connectivity index (χ4n) is 2.20. The highest BCUT2D eigenvalue weighted by Gasteiger charge is 2.35. The van der Waals surface area contributed by atoms with E-state index < -0.39 is 10.6 Å². The molecule has 1 aromatic carbocycles. The number of nitro groups is 1. The Morgan fingerprint density at radius 1 is 1.55 bits per heavy atom. The van der Waals surface area contributed by atoms with Crippen molar-refractivity contribution in [2.45, 2.75) is 19.1 Å². The number of benzene rings is 1. The number of hydrogen-bond acceptors (Lipinski definition) is 5. The van der Waals surface area contributed by atoms with Crippen LogP contribution < -0.4 is 5.32 Å². The number of aromatic nitrogens is 1. The Hall–Kier alpha value is -1.73. The minimum Gasteiger partial charge on any atom is -0.356 e. The van der Waals surface area contributed by atoms with E-state index in [1.54, 1.807) is 0 Å². The molecule has 7 heteroatoms. The second-order valence-corrected chi connectivity index (χ2v) is 5.81. The smallest absolute Gasteiger partial charge is 0.311 e. The van der Waals surface area contributed by atoms with Crippen molar-refractivity contribution in [2.24, 2.45) is 0 Å². The van der Waals surface area contributed by atoms with Crippen LogP contribution in [0, 0.1) is 10.1 Å². The fourth-order valence-corrected chi connectivity index (χ4v) is 2.56. The highest BCUT2D eigenvalue weighted by molar-refractivity contribution is 9.10. The van der Waals surface area contributed by atoms with Gasteiger partial charge in [-0.15, -0.1) is 0 Å². The van der Waals surface area contributed by atoms with Crippen molar-refractivity contribution in [3.05, 3.63) is 39.0 Å². The summed E-state index contributed by atoms with van der Waals surface area (Å²) in [7, 11) is 0. The Labute approximate surface area is 123 Å². The first kappa shape index (κ1) is 13.3. The molecule has 20 heavy (non-hydrogen) atoms. The standard InChI is InChI=1S/C13H12BrN3O3/c1-13(4-5-20-13)16-12-9-6-8(14)2-3-10(9)15-7-11(12)17(18)19/h2-3,6-7H,4-5H2,1H3,(H,15,16). The molecule has 3 rings (SSSR count). The number of rotatable bonds is 3. The SMILES string of the molecule is CC1(Nc2c([N+](=O)[O-])cnc3ccc(Br)cc23)CCO1. The van der Waals surface area contributed by atoms with Crippen LogP contribution in [0.3, 0.4) is 0 Å². The van der Waals surface area contributed by atoms with Crippen LogP contribution in [0.25, 0.3) is 10.9 Å². The van der Waals surface area contributed by atoms with Gasteiger partial charge in [0.05, 0.1) is 17.0 Å². The normalized spacial score (nSPS) is 21.5. The van der Waals surface area contributed by atoms with E-state index in [1.165, 1.54) is 6.20 Å². The Morgan fingerprint density at radius 3 is 2.90 bits per heavy atom. The molecule has 0 amide bonds. The molecule has 2 aromatic rings. The largest absolute Gasteiger partial charge is 0.356 e. The van der Waals surface area contributed by atoms with Gasteiger partial charge in [0.1, 0.15) is 17.6 Å². The highest BCUT2D eigenvalue weighted by Crippen LogP contribution is 2.37. The number of halogens is 1. The van der Waals surface area contributed by atoms with Crippen molar-refractivity contribution >= 4 is 38.2 Å². The summed E-state index contributed by atoms with van der Waals surface area (Å²) in [6.07, 6.45) is 2.09. The summed E-state index contributed by atoms with van der Waals surface area (Å²) in [5.74, 6) is 0. The van der Waals surface area contributed by atoms with E-state index in [0.29, 0.717) is 23.2 Å². The lowest BCUT2D eigenvalue weighted by Crippen LogP contribution is -2.47. The molecule has 1 fully saturated rings. The molecule has 0 saturated carbocycles. The molecule has 2 heterocycles. The van der Waals surface area contributed by atoms with Crippen molar-refractivity contribution in [2.75, 3.05) is 11.9 Å².